The molecule has 1 aromatic heterocycles. The topological polar surface area (TPSA) is 29.9 Å². The molecule has 0 aliphatic rings. The van der Waals surface area contributed by atoms with Gasteiger partial charge in [-0.05, 0) is 37.8 Å². The molecule has 0 aliphatic heterocycles. The minimum Gasteiger partial charge on any atom is -0.326 e. The fraction of sp³-hybridized carbons (Fsp3) is 0.357. The van der Waals surface area contributed by atoms with Crippen molar-refractivity contribution in [3.05, 3.63) is 36.2 Å². The first-order valence-electron chi connectivity index (χ1n) is 6.17. The Morgan fingerprint density at radius 1 is 1.39 bits per heavy atom. The third-order valence-electron chi connectivity index (χ3n) is 2.69. The smallest absolute Gasteiger partial charge is 0.207 e. The van der Waals surface area contributed by atoms with Gasteiger partial charge in [0.15, 0.2) is 0 Å². The lowest BCUT2D eigenvalue weighted by Gasteiger charge is -2.09. The molecule has 1 aromatic carbocycles. The monoisotopic (exact) mass is 261 g/mol. The Morgan fingerprint density at radius 2 is 2.22 bits per heavy atom. The highest BCUT2D eigenvalue weighted by atomic mass is 32.2. The summed E-state index contributed by atoms with van der Waals surface area (Å²) in [5, 5.41) is 3.39. The summed E-state index contributed by atoms with van der Waals surface area (Å²) in [4.78, 5) is 5.78. The molecule has 4 heteroatoms. The van der Waals surface area contributed by atoms with Crippen molar-refractivity contribution in [3.8, 4) is 0 Å². The molecule has 0 aliphatic carbocycles. The highest BCUT2D eigenvalue weighted by Gasteiger charge is 2.05. The van der Waals surface area contributed by atoms with Gasteiger partial charge in [-0.15, -0.1) is 11.8 Å². The first-order valence-corrected chi connectivity index (χ1v) is 7.40. The number of aryl methyl sites for hydroxylation is 2. The van der Waals surface area contributed by atoms with E-state index in [1.165, 1.54) is 4.90 Å². The van der Waals surface area contributed by atoms with E-state index in [9.17, 15) is 0 Å². The molecule has 0 spiro atoms. The van der Waals surface area contributed by atoms with Crippen molar-refractivity contribution in [2.24, 2.45) is 0 Å². The quantitative estimate of drug-likeness (QED) is 0.823. The Balaban J connectivity index is 2.21. The Morgan fingerprint density at radius 3 is 2.94 bits per heavy atom. The normalized spacial score (nSPS) is 10.6. The van der Waals surface area contributed by atoms with Crippen LogP contribution in [0.4, 0.5) is 11.6 Å². The Kier molecular flexibility index (Phi) is 4.31. The third-order valence-corrected chi connectivity index (χ3v) is 3.41. The summed E-state index contributed by atoms with van der Waals surface area (Å²) in [6, 6.07) is 8.39. The summed E-state index contributed by atoms with van der Waals surface area (Å²) in [6.45, 7) is 5.19. The number of thioether (sulfide) groups is 1. The molecule has 0 atom stereocenters. The molecule has 18 heavy (non-hydrogen) atoms. The molecule has 0 unspecified atom stereocenters. The second kappa shape index (κ2) is 5.96. The van der Waals surface area contributed by atoms with Crippen molar-refractivity contribution in [2.45, 2.75) is 31.7 Å². The Bertz CT molecular complexity index is 520. The van der Waals surface area contributed by atoms with E-state index in [2.05, 4.69) is 58.5 Å². The van der Waals surface area contributed by atoms with Gasteiger partial charge < -0.3 is 9.88 Å². The zero-order chi connectivity index (χ0) is 13.0. The molecule has 0 fully saturated rings. The number of nitrogens with zero attached hydrogens (tertiary/aromatic N) is 2. The van der Waals surface area contributed by atoms with Crippen LogP contribution in [-0.2, 0) is 6.54 Å². The lowest BCUT2D eigenvalue weighted by Crippen LogP contribution is -2.02. The number of rotatable bonds is 5. The van der Waals surface area contributed by atoms with Gasteiger partial charge in [0.1, 0.15) is 0 Å². The van der Waals surface area contributed by atoms with Crippen molar-refractivity contribution >= 4 is 23.4 Å². The SMILES string of the molecule is CCCn1cc(C)nc1Nc1cccc(SC)c1. The Hall–Kier alpha value is -1.42. The number of anilines is 2. The summed E-state index contributed by atoms with van der Waals surface area (Å²) in [5.74, 6) is 0.924. The van der Waals surface area contributed by atoms with Crippen molar-refractivity contribution in [2.75, 3.05) is 11.6 Å². The van der Waals surface area contributed by atoms with Gasteiger partial charge in [-0.2, -0.15) is 0 Å². The van der Waals surface area contributed by atoms with Crippen molar-refractivity contribution in [1.82, 2.24) is 9.55 Å². The van der Waals surface area contributed by atoms with Crippen LogP contribution in [0.25, 0.3) is 0 Å². The lowest BCUT2D eigenvalue weighted by molar-refractivity contribution is 0.686. The zero-order valence-corrected chi connectivity index (χ0v) is 11.9. The van der Waals surface area contributed by atoms with E-state index in [0.29, 0.717) is 0 Å². The molecule has 0 bridgehead atoms. The summed E-state index contributed by atoms with van der Waals surface area (Å²) < 4.78 is 2.17. The third kappa shape index (κ3) is 3.07. The van der Waals surface area contributed by atoms with Gasteiger partial charge in [-0.1, -0.05) is 13.0 Å². The molecular weight excluding hydrogens is 242 g/mol. The van der Waals surface area contributed by atoms with Crippen LogP contribution in [0.15, 0.2) is 35.4 Å². The number of hydrogen-bond acceptors (Lipinski definition) is 3. The average molecular weight is 261 g/mol. The first kappa shape index (κ1) is 13.0. The zero-order valence-electron chi connectivity index (χ0n) is 11.1. The molecule has 1 N–H and O–H groups in total. The van der Waals surface area contributed by atoms with Crippen LogP contribution in [0, 0.1) is 6.92 Å². The van der Waals surface area contributed by atoms with Crippen LogP contribution in [0.1, 0.15) is 19.0 Å². The molecule has 2 rings (SSSR count). The van der Waals surface area contributed by atoms with Crippen LogP contribution in [0.5, 0.6) is 0 Å². The van der Waals surface area contributed by atoms with E-state index in [0.717, 1.165) is 30.3 Å². The summed E-state index contributed by atoms with van der Waals surface area (Å²) in [7, 11) is 0. The van der Waals surface area contributed by atoms with Gasteiger partial charge in [0, 0.05) is 23.3 Å². The van der Waals surface area contributed by atoms with Gasteiger partial charge in [-0.25, -0.2) is 4.98 Å². The van der Waals surface area contributed by atoms with E-state index in [4.69, 9.17) is 0 Å². The number of imidazole rings is 1. The predicted octanol–water partition coefficient (Wildman–Crippen LogP) is 4.07. The minimum absolute atomic E-state index is 0.924. The highest BCUT2D eigenvalue weighted by Crippen LogP contribution is 2.22. The largest absolute Gasteiger partial charge is 0.326 e. The maximum absolute atomic E-state index is 4.53. The van der Waals surface area contributed by atoms with E-state index in [1.54, 1.807) is 11.8 Å². The molecule has 3 nitrogen and oxygen atoms in total. The number of hydrogen-bond donors (Lipinski definition) is 1. The standard InChI is InChI=1S/C14H19N3S/c1-4-8-17-10-11(2)15-14(17)16-12-6-5-7-13(9-12)18-3/h5-7,9-10H,4,8H2,1-3H3,(H,15,16). The van der Waals surface area contributed by atoms with Gasteiger partial charge in [0.25, 0.3) is 0 Å². The second-order valence-electron chi connectivity index (χ2n) is 4.26. The van der Waals surface area contributed by atoms with Crippen LogP contribution in [-0.4, -0.2) is 15.8 Å². The molecule has 0 saturated carbocycles. The number of aromatic nitrogens is 2. The summed E-state index contributed by atoms with van der Waals surface area (Å²) in [5.41, 5.74) is 2.14. The van der Waals surface area contributed by atoms with Crippen LogP contribution >= 0.6 is 11.8 Å². The van der Waals surface area contributed by atoms with Crippen LogP contribution < -0.4 is 5.32 Å². The van der Waals surface area contributed by atoms with Gasteiger partial charge in [0.2, 0.25) is 5.95 Å². The average Bonchev–Trinajstić information content (AvgIpc) is 2.70. The molecule has 0 saturated heterocycles. The predicted molar refractivity (Wildman–Crippen MR) is 78.8 cm³/mol. The van der Waals surface area contributed by atoms with E-state index >= 15 is 0 Å². The molecule has 2 aromatic rings. The minimum atomic E-state index is 0.924. The van der Waals surface area contributed by atoms with Crippen molar-refractivity contribution in [1.29, 1.82) is 0 Å². The van der Waals surface area contributed by atoms with Crippen LogP contribution in [0.2, 0.25) is 0 Å². The van der Waals surface area contributed by atoms with Gasteiger partial charge in [0.05, 0.1) is 5.69 Å². The fourth-order valence-electron chi connectivity index (χ4n) is 1.89. The molecule has 0 amide bonds. The van der Waals surface area contributed by atoms with E-state index < -0.39 is 0 Å². The molecule has 96 valence electrons. The maximum atomic E-state index is 4.53. The summed E-state index contributed by atoms with van der Waals surface area (Å²) in [6.07, 6.45) is 5.28. The Labute approximate surface area is 113 Å². The maximum Gasteiger partial charge on any atom is 0.207 e. The highest BCUT2D eigenvalue weighted by molar-refractivity contribution is 7.98. The first-order chi connectivity index (χ1) is 8.72. The fourth-order valence-corrected chi connectivity index (χ4v) is 2.35. The number of benzene rings is 1. The van der Waals surface area contributed by atoms with Gasteiger partial charge >= 0.3 is 0 Å². The summed E-state index contributed by atoms with van der Waals surface area (Å²) >= 11 is 1.75. The van der Waals surface area contributed by atoms with E-state index in [1.807, 2.05) is 6.92 Å². The molecule has 0 radical (unpaired) electrons. The molecular formula is C14H19N3S. The molecule has 1 heterocycles. The van der Waals surface area contributed by atoms with E-state index in [-0.39, 0.29) is 0 Å². The lowest BCUT2D eigenvalue weighted by atomic mass is 10.3. The van der Waals surface area contributed by atoms with Crippen LogP contribution in [0.3, 0.4) is 0 Å². The van der Waals surface area contributed by atoms with Gasteiger partial charge in [-0.3, -0.25) is 0 Å². The second-order valence-corrected chi connectivity index (χ2v) is 5.14. The number of nitrogens with one attached hydrogen (secondary N) is 1. The van der Waals surface area contributed by atoms with Crippen molar-refractivity contribution < 1.29 is 0 Å². The van der Waals surface area contributed by atoms with Crippen molar-refractivity contribution in [3.63, 3.8) is 0 Å².